The first-order valence-electron chi connectivity index (χ1n) is 10.4. The van der Waals surface area contributed by atoms with Crippen LogP contribution in [0.25, 0.3) is 5.76 Å². The number of aliphatic hydroxyl groups is 3. The molecule has 1 fully saturated rings. The van der Waals surface area contributed by atoms with E-state index in [1.165, 1.54) is 0 Å². The van der Waals surface area contributed by atoms with Crippen LogP contribution in [0.5, 0.6) is 5.75 Å². The molecular formula is C23H25NO7. The van der Waals surface area contributed by atoms with Gasteiger partial charge in [-0.15, -0.1) is 0 Å². The number of primary amides is 1. The Morgan fingerprint density at radius 2 is 1.77 bits per heavy atom. The first-order chi connectivity index (χ1) is 14.6. The number of amides is 1. The lowest BCUT2D eigenvalue weighted by Gasteiger charge is -2.46. The number of benzene rings is 1. The topological polar surface area (TPSA) is 158 Å². The van der Waals surface area contributed by atoms with Crippen LogP contribution >= 0.6 is 0 Å². The minimum Gasteiger partial charge on any atom is -0.508 e. The number of Topliss-reactive ketones (excluding diaryl/α,β-unsaturated/α-hetero) is 2. The van der Waals surface area contributed by atoms with Gasteiger partial charge in [-0.05, 0) is 48.3 Å². The van der Waals surface area contributed by atoms with Gasteiger partial charge in [0.25, 0.3) is 5.91 Å². The molecule has 0 bridgehead atoms. The van der Waals surface area contributed by atoms with Crippen molar-refractivity contribution in [2.75, 3.05) is 0 Å². The van der Waals surface area contributed by atoms with E-state index < -0.39 is 52.0 Å². The normalized spacial score (nSPS) is 27.7. The van der Waals surface area contributed by atoms with Crippen LogP contribution in [0.2, 0.25) is 0 Å². The number of carbonyl (C=O) groups excluding carboxylic acids is 3. The summed E-state index contributed by atoms with van der Waals surface area (Å²) in [6.07, 6.45) is 1.35. The zero-order valence-corrected chi connectivity index (χ0v) is 17.4. The average Bonchev–Trinajstić information content (AvgIpc) is 2.70. The van der Waals surface area contributed by atoms with Crippen LogP contribution in [-0.2, 0) is 33.6 Å². The number of phenolic OH excluding ortho intramolecular Hbond substituents is 1. The number of fused-ring (bicyclic) bond motifs is 3. The molecule has 1 amide bonds. The van der Waals surface area contributed by atoms with Crippen molar-refractivity contribution in [3.8, 4) is 5.75 Å². The number of ketones is 2. The predicted molar refractivity (Wildman–Crippen MR) is 110 cm³/mol. The van der Waals surface area contributed by atoms with Crippen molar-refractivity contribution in [1.82, 2.24) is 0 Å². The molecule has 164 valence electrons. The Morgan fingerprint density at radius 3 is 2.35 bits per heavy atom. The van der Waals surface area contributed by atoms with Gasteiger partial charge < -0.3 is 26.2 Å². The van der Waals surface area contributed by atoms with Crippen molar-refractivity contribution in [1.29, 1.82) is 0 Å². The largest absolute Gasteiger partial charge is 0.508 e. The number of aromatic hydroxyl groups is 1. The second-order valence-electron chi connectivity index (χ2n) is 8.51. The maximum absolute atomic E-state index is 13.4. The fourth-order valence-electron chi connectivity index (χ4n) is 5.41. The lowest BCUT2D eigenvalue weighted by atomic mass is 9.59. The Morgan fingerprint density at radius 1 is 1.13 bits per heavy atom. The minimum atomic E-state index is -2.53. The van der Waals surface area contributed by atoms with Gasteiger partial charge in [-0.3, -0.25) is 14.4 Å². The molecule has 1 saturated carbocycles. The number of nitrogens with two attached hydrogens (primary N) is 1. The van der Waals surface area contributed by atoms with Crippen LogP contribution in [0.4, 0.5) is 0 Å². The quantitative estimate of drug-likeness (QED) is 0.458. The second kappa shape index (κ2) is 6.95. The summed E-state index contributed by atoms with van der Waals surface area (Å²) in [6, 6.07) is 1.89. The van der Waals surface area contributed by atoms with Crippen LogP contribution in [-0.4, -0.2) is 43.5 Å². The molecule has 6 N–H and O–H groups in total. The number of hydrogen-bond acceptors (Lipinski definition) is 7. The van der Waals surface area contributed by atoms with E-state index in [4.69, 9.17) is 5.73 Å². The van der Waals surface area contributed by atoms with Gasteiger partial charge in [0.05, 0.1) is 5.56 Å². The van der Waals surface area contributed by atoms with E-state index in [-0.39, 0.29) is 29.7 Å². The molecule has 8 heteroatoms. The van der Waals surface area contributed by atoms with Crippen molar-refractivity contribution in [2.45, 2.75) is 51.6 Å². The van der Waals surface area contributed by atoms with Gasteiger partial charge in [-0.2, -0.15) is 0 Å². The van der Waals surface area contributed by atoms with Crippen LogP contribution in [0.1, 0.15) is 48.9 Å². The predicted octanol–water partition coefficient (Wildman–Crippen LogP) is 1.55. The number of aliphatic hydroxyl groups excluding tert-OH is 2. The number of aryl methyl sites for hydroxylation is 2. The van der Waals surface area contributed by atoms with Gasteiger partial charge in [0.1, 0.15) is 22.8 Å². The number of rotatable bonds is 3. The molecule has 0 radical (unpaired) electrons. The van der Waals surface area contributed by atoms with E-state index in [1.54, 1.807) is 0 Å². The van der Waals surface area contributed by atoms with E-state index in [2.05, 4.69) is 0 Å². The molecule has 0 aromatic heterocycles. The SMILES string of the molecule is CCc1cc(CC)c2c(c1O)C(O)=C1C(=O)[C@]3(O)C(O)=C(C(N)=O)C(=O)C[C@@H]3CC1C2. The Hall–Kier alpha value is -3.13. The zero-order valence-electron chi connectivity index (χ0n) is 17.4. The molecule has 4 rings (SSSR count). The summed E-state index contributed by atoms with van der Waals surface area (Å²) in [4.78, 5) is 37.4. The Balaban J connectivity index is 1.96. The molecule has 0 aliphatic heterocycles. The molecule has 0 spiro atoms. The minimum absolute atomic E-state index is 0.110. The first-order valence-corrected chi connectivity index (χ1v) is 10.4. The number of carbonyl (C=O) groups is 3. The van der Waals surface area contributed by atoms with Crippen molar-refractivity contribution in [3.05, 3.63) is 45.2 Å². The summed E-state index contributed by atoms with van der Waals surface area (Å²) in [5, 5.41) is 43.6. The summed E-state index contributed by atoms with van der Waals surface area (Å²) >= 11 is 0. The lowest BCUT2D eigenvalue weighted by Crippen LogP contribution is -2.58. The maximum atomic E-state index is 13.4. The third-order valence-electron chi connectivity index (χ3n) is 7.00. The molecule has 3 aliphatic carbocycles. The van der Waals surface area contributed by atoms with Crippen molar-refractivity contribution in [2.24, 2.45) is 17.6 Å². The molecule has 1 aromatic carbocycles. The van der Waals surface area contributed by atoms with E-state index in [0.29, 0.717) is 24.8 Å². The molecule has 0 heterocycles. The fraction of sp³-hybridized carbons (Fsp3) is 0.435. The molecule has 31 heavy (non-hydrogen) atoms. The van der Waals surface area contributed by atoms with Gasteiger partial charge >= 0.3 is 0 Å². The third-order valence-corrected chi connectivity index (χ3v) is 7.00. The average molecular weight is 427 g/mol. The summed E-state index contributed by atoms with van der Waals surface area (Å²) in [6.45, 7) is 3.82. The molecule has 3 atom stereocenters. The molecule has 1 aromatic rings. The Kier molecular flexibility index (Phi) is 4.73. The van der Waals surface area contributed by atoms with E-state index in [9.17, 15) is 34.8 Å². The molecule has 3 aliphatic rings. The monoisotopic (exact) mass is 427 g/mol. The molecule has 0 saturated heterocycles. The second-order valence-corrected chi connectivity index (χ2v) is 8.51. The van der Waals surface area contributed by atoms with Crippen molar-refractivity contribution in [3.63, 3.8) is 0 Å². The first kappa shape index (κ1) is 21.1. The summed E-state index contributed by atoms with van der Waals surface area (Å²) in [5.41, 5.74) is 4.24. The molecule has 1 unspecified atom stereocenters. The molecule has 8 nitrogen and oxygen atoms in total. The van der Waals surface area contributed by atoms with E-state index in [1.807, 2.05) is 19.9 Å². The Bertz CT molecular complexity index is 1110. The number of hydrogen-bond donors (Lipinski definition) is 5. The summed E-state index contributed by atoms with van der Waals surface area (Å²) in [5.74, 6) is -5.98. The van der Waals surface area contributed by atoms with Gasteiger partial charge in [0.15, 0.2) is 11.4 Å². The lowest BCUT2D eigenvalue weighted by molar-refractivity contribution is -0.147. The van der Waals surface area contributed by atoms with Crippen molar-refractivity contribution >= 4 is 23.2 Å². The van der Waals surface area contributed by atoms with E-state index >= 15 is 0 Å². The van der Waals surface area contributed by atoms with E-state index in [0.717, 1.165) is 11.1 Å². The highest BCUT2D eigenvalue weighted by Gasteiger charge is 2.60. The van der Waals surface area contributed by atoms with Crippen LogP contribution in [0.3, 0.4) is 0 Å². The maximum Gasteiger partial charge on any atom is 0.255 e. The highest BCUT2D eigenvalue weighted by molar-refractivity contribution is 6.22. The standard InChI is InChI=1S/C23H25NO7/c1-3-9-5-10(4-2)18(26)16-13(9)7-11-6-12-8-14(25)17(22(24)30)21(29)23(12,31)20(28)15(11)19(16)27/h5,11-12,26-27,29,31H,3-4,6-8H2,1-2H3,(H2,24,30)/t11?,12-,23-/m0/s1. The smallest absolute Gasteiger partial charge is 0.255 e. The van der Waals surface area contributed by atoms with Crippen LogP contribution in [0.15, 0.2) is 23.0 Å². The van der Waals surface area contributed by atoms with Crippen LogP contribution < -0.4 is 5.73 Å². The Labute approximate surface area is 178 Å². The van der Waals surface area contributed by atoms with Gasteiger partial charge in [0, 0.05) is 17.9 Å². The molecular weight excluding hydrogens is 402 g/mol. The van der Waals surface area contributed by atoms with Gasteiger partial charge in [-0.1, -0.05) is 19.9 Å². The zero-order chi connectivity index (χ0) is 22.8. The van der Waals surface area contributed by atoms with Gasteiger partial charge in [-0.25, -0.2) is 0 Å². The number of phenols is 1. The van der Waals surface area contributed by atoms with Gasteiger partial charge in [0.2, 0.25) is 5.78 Å². The summed E-state index contributed by atoms with van der Waals surface area (Å²) < 4.78 is 0. The third kappa shape index (κ3) is 2.67. The van der Waals surface area contributed by atoms with Crippen molar-refractivity contribution < 1.29 is 34.8 Å². The highest BCUT2D eigenvalue weighted by atomic mass is 16.3. The summed E-state index contributed by atoms with van der Waals surface area (Å²) in [7, 11) is 0. The highest BCUT2D eigenvalue weighted by Crippen LogP contribution is 2.52. The van der Waals surface area contributed by atoms with Crippen LogP contribution in [0, 0.1) is 11.8 Å². The fourth-order valence-corrected chi connectivity index (χ4v) is 5.41.